The van der Waals surface area contributed by atoms with Crippen molar-refractivity contribution in [2.75, 3.05) is 0 Å². The average molecular weight is 258 g/mol. The first-order valence-electron chi connectivity index (χ1n) is 6.31. The van der Waals surface area contributed by atoms with Crippen molar-refractivity contribution in [2.24, 2.45) is 0 Å². The van der Waals surface area contributed by atoms with E-state index in [1.54, 1.807) is 6.07 Å². The van der Waals surface area contributed by atoms with Crippen molar-refractivity contribution >= 4 is 11.6 Å². The Kier molecular flexibility index (Phi) is 6.53. The van der Waals surface area contributed by atoms with Gasteiger partial charge in [0.05, 0.1) is 5.02 Å². The maximum absolute atomic E-state index is 13.2. The van der Waals surface area contributed by atoms with E-state index in [4.69, 9.17) is 11.6 Å². The minimum Gasteiger partial charge on any atom is -0.310 e. The van der Waals surface area contributed by atoms with Gasteiger partial charge in [0.1, 0.15) is 5.82 Å². The molecule has 3 heteroatoms. The summed E-state index contributed by atoms with van der Waals surface area (Å²) in [4.78, 5) is 0. The molecule has 0 aliphatic carbocycles. The molecule has 0 heterocycles. The van der Waals surface area contributed by atoms with Gasteiger partial charge in [-0.05, 0) is 25.0 Å². The molecule has 0 radical (unpaired) electrons. The lowest BCUT2D eigenvalue weighted by Gasteiger charge is -2.14. The van der Waals surface area contributed by atoms with Crippen LogP contribution in [0.4, 0.5) is 4.39 Å². The Morgan fingerprint density at radius 1 is 1.35 bits per heavy atom. The quantitative estimate of drug-likeness (QED) is 0.708. The first-order chi connectivity index (χ1) is 8.15. The molecule has 0 bridgehead atoms. The molecule has 17 heavy (non-hydrogen) atoms. The molecule has 1 nitrogen and oxygen atoms in total. The van der Waals surface area contributed by atoms with Gasteiger partial charge in [0.15, 0.2) is 0 Å². The van der Waals surface area contributed by atoms with Crippen molar-refractivity contribution in [1.29, 1.82) is 0 Å². The minimum atomic E-state index is -0.343. The van der Waals surface area contributed by atoms with Crippen molar-refractivity contribution < 1.29 is 4.39 Å². The molecule has 1 aromatic rings. The van der Waals surface area contributed by atoms with E-state index < -0.39 is 0 Å². The molecule has 0 fully saturated rings. The smallest absolute Gasteiger partial charge is 0.142 e. The van der Waals surface area contributed by atoms with Crippen LogP contribution in [0.2, 0.25) is 5.02 Å². The van der Waals surface area contributed by atoms with Gasteiger partial charge in [0.25, 0.3) is 0 Å². The van der Waals surface area contributed by atoms with Gasteiger partial charge in [-0.25, -0.2) is 4.39 Å². The minimum absolute atomic E-state index is 0.237. The van der Waals surface area contributed by atoms with Crippen LogP contribution in [0.1, 0.15) is 45.1 Å². The van der Waals surface area contributed by atoms with Crippen molar-refractivity contribution in [3.8, 4) is 0 Å². The number of hydrogen-bond acceptors (Lipinski definition) is 1. The number of nitrogens with one attached hydrogen (secondary N) is 1. The predicted octanol–water partition coefficient (Wildman–Crippen LogP) is 4.54. The highest BCUT2D eigenvalue weighted by atomic mass is 35.5. The van der Waals surface area contributed by atoms with E-state index in [0.29, 0.717) is 12.6 Å². The fourth-order valence-corrected chi connectivity index (χ4v) is 1.96. The third-order valence-electron chi connectivity index (χ3n) is 2.91. The fourth-order valence-electron chi connectivity index (χ4n) is 1.77. The molecule has 1 unspecified atom stereocenters. The Bertz CT molecular complexity index is 341. The number of halogens is 2. The second-order valence-electron chi connectivity index (χ2n) is 4.49. The highest BCUT2D eigenvalue weighted by molar-refractivity contribution is 6.31. The molecule has 0 aliphatic rings. The summed E-state index contributed by atoms with van der Waals surface area (Å²) in [5.41, 5.74) is 0.828. The van der Waals surface area contributed by atoms with Gasteiger partial charge in [0, 0.05) is 12.6 Å². The summed E-state index contributed by atoms with van der Waals surface area (Å²) in [6, 6.07) is 5.38. The topological polar surface area (TPSA) is 12.0 Å². The lowest BCUT2D eigenvalue weighted by molar-refractivity contribution is 0.486. The average Bonchev–Trinajstić information content (AvgIpc) is 2.31. The van der Waals surface area contributed by atoms with Gasteiger partial charge in [-0.2, -0.15) is 0 Å². The van der Waals surface area contributed by atoms with E-state index in [-0.39, 0.29) is 10.8 Å². The second kappa shape index (κ2) is 7.67. The Hall–Kier alpha value is -0.600. The number of benzene rings is 1. The number of unbranched alkanes of at least 4 members (excludes halogenated alkanes) is 2. The van der Waals surface area contributed by atoms with Crippen molar-refractivity contribution in [2.45, 2.75) is 52.1 Å². The van der Waals surface area contributed by atoms with E-state index in [1.807, 2.05) is 6.07 Å². The Morgan fingerprint density at radius 3 is 2.82 bits per heavy atom. The third-order valence-corrected chi connectivity index (χ3v) is 3.34. The maximum Gasteiger partial charge on any atom is 0.142 e. The van der Waals surface area contributed by atoms with Gasteiger partial charge < -0.3 is 5.32 Å². The van der Waals surface area contributed by atoms with Crippen molar-refractivity contribution in [1.82, 2.24) is 5.32 Å². The summed E-state index contributed by atoms with van der Waals surface area (Å²) < 4.78 is 13.2. The molecule has 0 aliphatic heterocycles. The van der Waals surface area contributed by atoms with Gasteiger partial charge in [-0.3, -0.25) is 0 Å². The third kappa shape index (κ3) is 5.05. The molecule has 0 spiro atoms. The van der Waals surface area contributed by atoms with Crippen LogP contribution in [0.3, 0.4) is 0 Å². The normalized spacial score (nSPS) is 12.7. The second-order valence-corrected chi connectivity index (χ2v) is 4.87. The highest BCUT2D eigenvalue weighted by Crippen LogP contribution is 2.19. The van der Waals surface area contributed by atoms with Crippen LogP contribution in [0.5, 0.6) is 0 Å². The van der Waals surface area contributed by atoms with Crippen LogP contribution in [-0.2, 0) is 6.54 Å². The van der Waals surface area contributed by atoms with Gasteiger partial charge in [-0.1, -0.05) is 49.9 Å². The van der Waals surface area contributed by atoms with Crippen LogP contribution in [-0.4, -0.2) is 6.04 Å². The molecule has 0 aromatic heterocycles. The van der Waals surface area contributed by atoms with Gasteiger partial charge in [-0.15, -0.1) is 0 Å². The molecule has 96 valence electrons. The summed E-state index contributed by atoms with van der Waals surface area (Å²) in [6.45, 7) is 4.98. The zero-order valence-electron chi connectivity index (χ0n) is 10.6. The molecular formula is C14H21ClFN. The van der Waals surface area contributed by atoms with E-state index in [0.717, 1.165) is 12.0 Å². The summed E-state index contributed by atoms with van der Waals surface area (Å²) in [5, 5.41) is 3.61. The molecule has 1 N–H and O–H groups in total. The molecule has 0 saturated carbocycles. The van der Waals surface area contributed by atoms with Crippen molar-refractivity contribution in [3.05, 3.63) is 34.6 Å². The first kappa shape index (κ1) is 14.5. The maximum atomic E-state index is 13.2. The highest BCUT2D eigenvalue weighted by Gasteiger charge is 2.07. The molecule has 0 amide bonds. The SMILES string of the molecule is CCCCCC(C)NCc1cccc(F)c1Cl. The zero-order chi connectivity index (χ0) is 12.7. The molecule has 1 rings (SSSR count). The van der Waals surface area contributed by atoms with E-state index in [2.05, 4.69) is 19.2 Å². The fraction of sp³-hybridized carbons (Fsp3) is 0.571. The molecular weight excluding hydrogens is 237 g/mol. The predicted molar refractivity (Wildman–Crippen MR) is 71.9 cm³/mol. The van der Waals surface area contributed by atoms with Crippen LogP contribution in [0.15, 0.2) is 18.2 Å². The molecule has 0 saturated heterocycles. The largest absolute Gasteiger partial charge is 0.310 e. The van der Waals surface area contributed by atoms with Crippen molar-refractivity contribution in [3.63, 3.8) is 0 Å². The summed E-state index contributed by atoms with van der Waals surface area (Å²) in [5.74, 6) is -0.343. The Morgan fingerprint density at radius 2 is 2.12 bits per heavy atom. The van der Waals surface area contributed by atoms with Gasteiger partial charge >= 0.3 is 0 Å². The van der Waals surface area contributed by atoms with Crippen LogP contribution in [0, 0.1) is 5.82 Å². The van der Waals surface area contributed by atoms with Gasteiger partial charge in [0.2, 0.25) is 0 Å². The lowest BCUT2D eigenvalue weighted by Crippen LogP contribution is -2.25. The molecule has 1 atom stereocenters. The summed E-state index contributed by atoms with van der Waals surface area (Å²) in [6.07, 6.45) is 4.90. The molecule has 1 aromatic carbocycles. The first-order valence-corrected chi connectivity index (χ1v) is 6.69. The summed E-state index contributed by atoms with van der Waals surface area (Å²) in [7, 11) is 0. The standard InChI is InChI=1S/C14H21ClFN/c1-3-4-5-7-11(2)17-10-12-8-6-9-13(16)14(12)15/h6,8-9,11,17H,3-5,7,10H2,1-2H3. The van der Waals surface area contributed by atoms with Crippen LogP contribution < -0.4 is 5.32 Å². The number of rotatable bonds is 7. The monoisotopic (exact) mass is 257 g/mol. The Labute approximate surface area is 108 Å². The lowest BCUT2D eigenvalue weighted by atomic mass is 10.1. The summed E-state index contributed by atoms with van der Waals surface area (Å²) >= 11 is 5.89. The zero-order valence-corrected chi connectivity index (χ0v) is 11.4. The van der Waals surface area contributed by atoms with E-state index >= 15 is 0 Å². The Balaban J connectivity index is 2.37. The van der Waals surface area contributed by atoms with E-state index in [9.17, 15) is 4.39 Å². The van der Waals surface area contributed by atoms with Crippen LogP contribution >= 0.6 is 11.6 Å². The van der Waals surface area contributed by atoms with E-state index in [1.165, 1.54) is 25.3 Å². The number of hydrogen-bond donors (Lipinski definition) is 1. The van der Waals surface area contributed by atoms with Crippen LogP contribution in [0.25, 0.3) is 0 Å².